The minimum atomic E-state index is -0.363. The van der Waals surface area contributed by atoms with Gasteiger partial charge < -0.3 is 20.6 Å². The first-order valence-corrected chi connectivity index (χ1v) is 5.39. The summed E-state index contributed by atoms with van der Waals surface area (Å²) in [4.78, 5) is 29.5. The van der Waals surface area contributed by atoms with Crippen molar-refractivity contribution in [2.45, 2.75) is 19.4 Å². The molecule has 2 heterocycles. The summed E-state index contributed by atoms with van der Waals surface area (Å²) >= 11 is 0. The Bertz CT molecular complexity index is 426. The molecule has 6 nitrogen and oxygen atoms in total. The van der Waals surface area contributed by atoms with Crippen LogP contribution in [0.2, 0.25) is 0 Å². The number of imidazole rings is 1. The van der Waals surface area contributed by atoms with Crippen LogP contribution in [0.25, 0.3) is 0 Å². The van der Waals surface area contributed by atoms with Gasteiger partial charge >= 0.3 is 5.69 Å². The summed E-state index contributed by atoms with van der Waals surface area (Å²) in [5.41, 5.74) is 5.80. The second-order valence-electron chi connectivity index (χ2n) is 4.47. The first kappa shape index (κ1) is 10.9. The van der Waals surface area contributed by atoms with Crippen LogP contribution in [0.3, 0.4) is 0 Å². The summed E-state index contributed by atoms with van der Waals surface area (Å²) in [7, 11) is 0. The maximum Gasteiger partial charge on any atom is 0.323 e. The largest absolute Gasteiger partial charge is 0.336 e. The summed E-state index contributed by atoms with van der Waals surface area (Å²) in [5, 5.41) is 0. The molecule has 1 aromatic rings. The normalized spacial score (nSPS) is 25.8. The quantitative estimate of drug-likeness (QED) is 0.600. The average molecular weight is 224 g/mol. The smallest absolute Gasteiger partial charge is 0.323 e. The predicted octanol–water partition coefficient (Wildman–Crippen LogP) is -0.488. The van der Waals surface area contributed by atoms with E-state index in [1.807, 2.05) is 0 Å². The van der Waals surface area contributed by atoms with Crippen LogP contribution in [-0.4, -0.2) is 39.9 Å². The Hall–Kier alpha value is -1.56. The molecule has 1 saturated heterocycles. The molecule has 88 valence electrons. The number of nitrogens with one attached hydrogen (secondary N) is 2. The molecular formula is C10H16N4O2. The molecule has 1 aromatic heterocycles. The van der Waals surface area contributed by atoms with E-state index in [0.717, 1.165) is 6.42 Å². The number of aromatic nitrogens is 2. The molecule has 2 rings (SSSR count). The highest BCUT2D eigenvalue weighted by atomic mass is 16.2. The van der Waals surface area contributed by atoms with Crippen molar-refractivity contribution in [2.75, 3.05) is 13.1 Å². The highest BCUT2D eigenvalue weighted by Crippen LogP contribution is 2.16. The SMILES string of the molecule is CC1CC(N)CN(C(=O)c2c[nH]c(=O)[nH]2)C1. The highest BCUT2D eigenvalue weighted by Gasteiger charge is 2.27. The van der Waals surface area contributed by atoms with Crippen LogP contribution >= 0.6 is 0 Å². The second-order valence-corrected chi connectivity index (χ2v) is 4.47. The molecule has 0 saturated carbocycles. The number of amides is 1. The van der Waals surface area contributed by atoms with Gasteiger partial charge in [-0.05, 0) is 12.3 Å². The van der Waals surface area contributed by atoms with Crippen LogP contribution in [0.5, 0.6) is 0 Å². The molecule has 1 fully saturated rings. The molecule has 0 aliphatic carbocycles. The zero-order valence-corrected chi connectivity index (χ0v) is 9.19. The van der Waals surface area contributed by atoms with E-state index in [2.05, 4.69) is 16.9 Å². The fourth-order valence-corrected chi connectivity index (χ4v) is 2.18. The summed E-state index contributed by atoms with van der Waals surface area (Å²) in [5.74, 6) is 0.235. The summed E-state index contributed by atoms with van der Waals surface area (Å²) in [6.45, 7) is 3.31. The van der Waals surface area contributed by atoms with Crippen LogP contribution in [-0.2, 0) is 0 Å². The molecule has 0 bridgehead atoms. The Kier molecular flexibility index (Phi) is 2.82. The third kappa shape index (κ3) is 2.16. The summed E-state index contributed by atoms with van der Waals surface area (Å²) < 4.78 is 0. The van der Waals surface area contributed by atoms with E-state index in [4.69, 9.17) is 5.73 Å². The number of piperidine rings is 1. The number of nitrogens with two attached hydrogens (primary N) is 1. The lowest BCUT2D eigenvalue weighted by Gasteiger charge is -2.34. The topological polar surface area (TPSA) is 95.0 Å². The minimum Gasteiger partial charge on any atom is -0.336 e. The van der Waals surface area contributed by atoms with Crippen molar-refractivity contribution < 1.29 is 4.79 Å². The number of hydrogen-bond acceptors (Lipinski definition) is 3. The monoisotopic (exact) mass is 224 g/mol. The highest BCUT2D eigenvalue weighted by molar-refractivity contribution is 5.92. The maximum atomic E-state index is 12.0. The zero-order chi connectivity index (χ0) is 11.7. The number of aromatic amines is 2. The van der Waals surface area contributed by atoms with Crippen molar-refractivity contribution in [1.29, 1.82) is 0 Å². The Morgan fingerprint density at radius 3 is 2.88 bits per heavy atom. The lowest BCUT2D eigenvalue weighted by Crippen LogP contribution is -2.49. The van der Waals surface area contributed by atoms with Gasteiger partial charge in [0.05, 0.1) is 0 Å². The number of H-pyrrole nitrogens is 2. The van der Waals surface area contributed by atoms with E-state index in [9.17, 15) is 9.59 Å². The van der Waals surface area contributed by atoms with Gasteiger partial charge in [-0.3, -0.25) is 4.79 Å². The first-order chi connectivity index (χ1) is 7.56. The van der Waals surface area contributed by atoms with E-state index in [-0.39, 0.29) is 17.6 Å². The van der Waals surface area contributed by atoms with Gasteiger partial charge in [-0.2, -0.15) is 0 Å². The van der Waals surface area contributed by atoms with E-state index >= 15 is 0 Å². The van der Waals surface area contributed by atoms with Gasteiger partial charge in [-0.15, -0.1) is 0 Å². The second kappa shape index (κ2) is 4.13. The fourth-order valence-electron chi connectivity index (χ4n) is 2.18. The third-order valence-corrected chi connectivity index (χ3v) is 2.81. The fraction of sp³-hybridized carbons (Fsp3) is 0.600. The van der Waals surface area contributed by atoms with E-state index in [1.165, 1.54) is 6.20 Å². The number of likely N-dealkylation sites (tertiary alicyclic amines) is 1. The molecule has 2 atom stereocenters. The van der Waals surface area contributed by atoms with Gasteiger partial charge in [0, 0.05) is 25.3 Å². The Morgan fingerprint density at radius 1 is 1.56 bits per heavy atom. The molecule has 2 unspecified atom stereocenters. The van der Waals surface area contributed by atoms with Gasteiger partial charge in [-0.1, -0.05) is 6.92 Å². The number of rotatable bonds is 1. The molecular weight excluding hydrogens is 208 g/mol. The number of hydrogen-bond donors (Lipinski definition) is 3. The van der Waals surface area contributed by atoms with E-state index in [1.54, 1.807) is 4.90 Å². The van der Waals surface area contributed by atoms with Gasteiger partial charge in [0.25, 0.3) is 5.91 Å². The van der Waals surface area contributed by atoms with Crippen molar-refractivity contribution >= 4 is 5.91 Å². The zero-order valence-electron chi connectivity index (χ0n) is 9.19. The van der Waals surface area contributed by atoms with Gasteiger partial charge in [0.2, 0.25) is 0 Å². The maximum absolute atomic E-state index is 12.0. The van der Waals surface area contributed by atoms with Crippen molar-refractivity contribution in [3.63, 3.8) is 0 Å². The molecule has 1 aliphatic rings. The van der Waals surface area contributed by atoms with Gasteiger partial charge in [-0.25, -0.2) is 4.79 Å². The van der Waals surface area contributed by atoms with Crippen molar-refractivity contribution in [1.82, 2.24) is 14.9 Å². The minimum absolute atomic E-state index is 0.0263. The standard InChI is InChI=1S/C10H16N4O2/c1-6-2-7(11)5-14(4-6)9(15)8-3-12-10(16)13-8/h3,6-7H,2,4-5,11H2,1H3,(H2,12,13,16). The predicted molar refractivity (Wildman–Crippen MR) is 59.1 cm³/mol. The summed E-state index contributed by atoms with van der Waals surface area (Å²) in [6, 6.07) is 0.0263. The van der Waals surface area contributed by atoms with Crippen LogP contribution in [0.4, 0.5) is 0 Å². The molecule has 1 aliphatic heterocycles. The number of nitrogens with zero attached hydrogens (tertiary/aromatic N) is 1. The lowest BCUT2D eigenvalue weighted by atomic mass is 9.96. The van der Waals surface area contributed by atoms with Gasteiger partial charge in [0.1, 0.15) is 5.69 Å². The average Bonchev–Trinajstić information content (AvgIpc) is 2.62. The molecule has 6 heteroatoms. The molecule has 0 radical (unpaired) electrons. The first-order valence-electron chi connectivity index (χ1n) is 5.39. The Labute approximate surface area is 92.8 Å². The number of carbonyl (C=O) groups is 1. The Balaban J connectivity index is 2.12. The Morgan fingerprint density at radius 2 is 2.31 bits per heavy atom. The molecule has 0 spiro atoms. The van der Waals surface area contributed by atoms with E-state index in [0.29, 0.717) is 24.7 Å². The molecule has 16 heavy (non-hydrogen) atoms. The van der Waals surface area contributed by atoms with Gasteiger partial charge in [0.15, 0.2) is 0 Å². The van der Waals surface area contributed by atoms with Crippen molar-refractivity contribution in [3.05, 3.63) is 22.4 Å². The molecule has 0 aromatic carbocycles. The van der Waals surface area contributed by atoms with Crippen molar-refractivity contribution in [2.24, 2.45) is 11.7 Å². The van der Waals surface area contributed by atoms with E-state index < -0.39 is 0 Å². The summed E-state index contributed by atoms with van der Waals surface area (Å²) in [6.07, 6.45) is 2.34. The number of carbonyl (C=O) groups excluding carboxylic acids is 1. The molecule has 4 N–H and O–H groups in total. The lowest BCUT2D eigenvalue weighted by molar-refractivity contribution is 0.0655. The van der Waals surface area contributed by atoms with Crippen molar-refractivity contribution in [3.8, 4) is 0 Å². The van der Waals surface area contributed by atoms with Crippen LogP contribution in [0.1, 0.15) is 23.8 Å². The van der Waals surface area contributed by atoms with Crippen LogP contribution < -0.4 is 11.4 Å². The third-order valence-electron chi connectivity index (χ3n) is 2.81. The van der Waals surface area contributed by atoms with Crippen LogP contribution in [0, 0.1) is 5.92 Å². The van der Waals surface area contributed by atoms with Crippen LogP contribution in [0.15, 0.2) is 11.0 Å². The molecule has 1 amide bonds.